The van der Waals surface area contributed by atoms with Crippen molar-refractivity contribution in [2.24, 2.45) is 0 Å². The Bertz CT molecular complexity index is 575. The van der Waals surface area contributed by atoms with E-state index in [-0.39, 0.29) is 11.8 Å². The van der Waals surface area contributed by atoms with Crippen molar-refractivity contribution in [1.82, 2.24) is 0 Å². The summed E-state index contributed by atoms with van der Waals surface area (Å²) >= 11 is 0. The highest BCUT2D eigenvalue weighted by atomic mass is 19.1. The number of rotatable bonds is 3. The predicted molar refractivity (Wildman–Crippen MR) is 73.9 cm³/mol. The van der Waals surface area contributed by atoms with Gasteiger partial charge in [0.05, 0.1) is 17.9 Å². The second-order valence-corrected chi connectivity index (χ2v) is 4.63. The molecular weight excluding hydrogens is 243 g/mol. The number of nitrogens with two attached hydrogens (primary N) is 1. The van der Waals surface area contributed by atoms with E-state index in [1.807, 2.05) is 18.2 Å². The van der Waals surface area contributed by atoms with Gasteiger partial charge in [0.2, 0.25) is 0 Å². The fourth-order valence-electron chi connectivity index (χ4n) is 2.28. The molecule has 2 aromatic rings. The summed E-state index contributed by atoms with van der Waals surface area (Å²) in [5.74, 6) is 0.530. The summed E-state index contributed by atoms with van der Waals surface area (Å²) in [4.78, 5) is 0. The highest BCUT2D eigenvalue weighted by Crippen LogP contribution is 2.29. The fraction of sp³-hybridized carbons (Fsp3) is 0.200. The van der Waals surface area contributed by atoms with Crippen LogP contribution in [0.25, 0.3) is 0 Å². The Morgan fingerprint density at radius 3 is 2.89 bits per heavy atom. The summed E-state index contributed by atoms with van der Waals surface area (Å²) in [6.07, 6.45) is 0.915. The number of ether oxygens (including phenoxy) is 1. The lowest BCUT2D eigenvalue weighted by molar-refractivity contribution is 0.246. The second kappa shape index (κ2) is 4.80. The largest absolute Gasteiger partial charge is 0.488 e. The molecule has 0 radical (unpaired) electrons. The minimum absolute atomic E-state index is 0.0556. The standard InChI is InChI=1S/C15H15FN2O/c16-12-5-3-6-13(15(12)17)18-9-11-8-10-4-1-2-7-14(10)19-11/h1-7,11,18H,8-9,17H2. The molecule has 0 fully saturated rings. The van der Waals surface area contributed by atoms with Crippen LogP contribution in [0.5, 0.6) is 5.75 Å². The molecule has 3 N–H and O–H groups in total. The van der Waals surface area contributed by atoms with E-state index in [9.17, 15) is 4.39 Å². The van der Waals surface area contributed by atoms with Gasteiger partial charge in [0, 0.05) is 6.42 Å². The first-order valence-electron chi connectivity index (χ1n) is 6.26. The molecule has 98 valence electrons. The first-order valence-corrected chi connectivity index (χ1v) is 6.26. The van der Waals surface area contributed by atoms with Crippen molar-refractivity contribution in [3.05, 3.63) is 53.8 Å². The number of nitrogen functional groups attached to an aromatic ring is 1. The molecule has 2 aromatic carbocycles. The van der Waals surface area contributed by atoms with Crippen molar-refractivity contribution in [2.75, 3.05) is 17.6 Å². The molecule has 0 saturated heterocycles. The molecule has 1 heterocycles. The van der Waals surface area contributed by atoms with Crippen LogP contribution in [0.2, 0.25) is 0 Å². The molecule has 0 bridgehead atoms. The number of hydrogen-bond donors (Lipinski definition) is 2. The topological polar surface area (TPSA) is 47.3 Å². The van der Waals surface area contributed by atoms with Crippen molar-refractivity contribution >= 4 is 11.4 Å². The lowest BCUT2D eigenvalue weighted by Crippen LogP contribution is -2.24. The van der Waals surface area contributed by atoms with Gasteiger partial charge >= 0.3 is 0 Å². The van der Waals surface area contributed by atoms with E-state index < -0.39 is 5.82 Å². The van der Waals surface area contributed by atoms with Crippen molar-refractivity contribution in [3.63, 3.8) is 0 Å². The van der Waals surface area contributed by atoms with Crippen LogP contribution in [0.15, 0.2) is 42.5 Å². The van der Waals surface area contributed by atoms with E-state index in [1.165, 1.54) is 11.6 Å². The van der Waals surface area contributed by atoms with Gasteiger partial charge in [-0.15, -0.1) is 0 Å². The smallest absolute Gasteiger partial charge is 0.148 e. The highest BCUT2D eigenvalue weighted by Gasteiger charge is 2.22. The van der Waals surface area contributed by atoms with Crippen LogP contribution < -0.4 is 15.8 Å². The number of hydrogen-bond acceptors (Lipinski definition) is 3. The van der Waals surface area contributed by atoms with Crippen LogP contribution in [0, 0.1) is 5.82 Å². The fourth-order valence-corrected chi connectivity index (χ4v) is 2.28. The third kappa shape index (κ3) is 2.34. The van der Waals surface area contributed by atoms with Gasteiger partial charge in [-0.05, 0) is 23.8 Å². The third-order valence-electron chi connectivity index (χ3n) is 3.29. The normalized spacial score (nSPS) is 16.8. The molecule has 0 aromatic heterocycles. The van der Waals surface area contributed by atoms with Gasteiger partial charge in [-0.2, -0.15) is 0 Å². The Kier molecular flexibility index (Phi) is 2.99. The van der Waals surface area contributed by atoms with Gasteiger partial charge in [-0.1, -0.05) is 24.3 Å². The van der Waals surface area contributed by atoms with Gasteiger partial charge in [-0.25, -0.2) is 4.39 Å². The Balaban J connectivity index is 1.64. The zero-order chi connectivity index (χ0) is 13.2. The number of benzene rings is 2. The SMILES string of the molecule is Nc1c(F)cccc1NCC1Cc2ccccc2O1. The second-order valence-electron chi connectivity index (χ2n) is 4.63. The first-order chi connectivity index (χ1) is 9.24. The summed E-state index contributed by atoms with van der Waals surface area (Å²) in [7, 11) is 0. The number of para-hydroxylation sites is 2. The average molecular weight is 258 g/mol. The van der Waals surface area contributed by atoms with Gasteiger partial charge in [0.1, 0.15) is 17.7 Å². The minimum atomic E-state index is -0.402. The van der Waals surface area contributed by atoms with Gasteiger partial charge in [0.15, 0.2) is 0 Å². The lowest BCUT2D eigenvalue weighted by Gasteiger charge is -2.14. The number of anilines is 2. The summed E-state index contributed by atoms with van der Waals surface area (Å²) < 4.78 is 19.1. The molecule has 19 heavy (non-hydrogen) atoms. The molecule has 4 heteroatoms. The van der Waals surface area contributed by atoms with E-state index in [2.05, 4.69) is 11.4 Å². The van der Waals surface area contributed by atoms with E-state index in [0.717, 1.165) is 12.2 Å². The number of halogens is 1. The molecule has 0 spiro atoms. The van der Waals surface area contributed by atoms with Crippen molar-refractivity contribution in [3.8, 4) is 5.75 Å². The van der Waals surface area contributed by atoms with E-state index in [0.29, 0.717) is 12.2 Å². The summed E-state index contributed by atoms with van der Waals surface area (Å²) in [6.45, 7) is 0.600. The zero-order valence-electron chi connectivity index (χ0n) is 10.4. The number of fused-ring (bicyclic) bond motifs is 1. The van der Waals surface area contributed by atoms with Gasteiger partial charge in [-0.3, -0.25) is 0 Å². The van der Waals surface area contributed by atoms with E-state index in [4.69, 9.17) is 10.5 Å². The predicted octanol–water partition coefficient (Wildman–Crippen LogP) is 2.82. The first kappa shape index (κ1) is 11.8. The maximum Gasteiger partial charge on any atom is 0.148 e. The monoisotopic (exact) mass is 258 g/mol. The van der Waals surface area contributed by atoms with Crippen molar-refractivity contribution in [2.45, 2.75) is 12.5 Å². The zero-order valence-corrected chi connectivity index (χ0v) is 10.4. The number of nitrogens with one attached hydrogen (secondary N) is 1. The molecule has 0 saturated carbocycles. The van der Waals surface area contributed by atoms with Gasteiger partial charge < -0.3 is 15.8 Å². The van der Waals surface area contributed by atoms with Crippen LogP contribution in [-0.2, 0) is 6.42 Å². The quantitative estimate of drug-likeness (QED) is 0.832. The molecule has 0 amide bonds. The molecule has 3 nitrogen and oxygen atoms in total. The third-order valence-corrected chi connectivity index (χ3v) is 3.29. The van der Waals surface area contributed by atoms with Crippen LogP contribution in [-0.4, -0.2) is 12.6 Å². The lowest BCUT2D eigenvalue weighted by atomic mass is 10.1. The van der Waals surface area contributed by atoms with E-state index in [1.54, 1.807) is 12.1 Å². The van der Waals surface area contributed by atoms with Crippen LogP contribution in [0.1, 0.15) is 5.56 Å². The molecule has 1 atom stereocenters. The molecule has 1 aliphatic heterocycles. The summed E-state index contributed by atoms with van der Waals surface area (Å²) in [5, 5.41) is 3.14. The van der Waals surface area contributed by atoms with Crippen molar-refractivity contribution in [1.29, 1.82) is 0 Å². The minimum Gasteiger partial charge on any atom is -0.488 e. The summed E-state index contributed by atoms with van der Waals surface area (Å²) in [6, 6.07) is 12.7. The van der Waals surface area contributed by atoms with Gasteiger partial charge in [0.25, 0.3) is 0 Å². The molecular formula is C15H15FN2O. The Morgan fingerprint density at radius 1 is 1.21 bits per heavy atom. The maximum atomic E-state index is 13.3. The Hall–Kier alpha value is -2.23. The highest BCUT2D eigenvalue weighted by molar-refractivity contribution is 5.66. The molecule has 1 aliphatic rings. The van der Waals surface area contributed by atoms with Crippen LogP contribution in [0.3, 0.4) is 0 Å². The molecule has 1 unspecified atom stereocenters. The maximum absolute atomic E-state index is 13.3. The summed E-state index contributed by atoms with van der Waals surface area (Å²) in [5.41, 5.74) is 7.64. The Labute approximate surface area is 111 Å². The Morgan fingerprint density at radius 2 is 2.05 bits per heavy atom. The molecule has 0 aliphatic carbocycles. The van der Waals surface area contributed by atoms with Crippen LogP contribution in [0.4, 0.5) is 15.8 Å². The van der Waals surface area contributed by atoms with E-state index >= 15 is 0 Å². The van der Waals surface area contributed by atoms with Crippen LogP contribution >= 0.6 is 0 Å². The average Bonchev–Trinajstić information content (AvgIpc) is 2.83. The van der Waals surface area contributed by atoms with Crippen molar-refractivity contribution < 1.29 is 9.13 Å². The molecule has 3 rings (SSSR count).